The minimum absolute atomic E-state index is 0.0700. The van der Waals surface area contributed by atoms with Crippen molar-refractivity contribution in [2.24, 2.45) is 17.3 Å². The van der Waals surface area contributed by atoms with E-state index in [-0.39, 0.29) is 24.7 Å². The van der Waals surface area contributed by atoms with Crippen LogP contribution in [0.3, 0.4) is 0 Å². The first kappa shape index (κ1) is 25.8. The van der Waals surface area contributed by atoms with Crippen molar-refractivity contribution in [3.8, 4) is 5.75 Å². The van der Waals surface area contributed by atoms with E-state index in [9.17, 15) is 9.67 Å². The van der Waals surface area contributed by atoms with Crippen LogP contribution in [0.2, 0.25) is 0 Å². The predicted octanol–water partition coefficient (Wildman–Crippen LogP) is 7.82. The van der Waals surface area contributed by atoms with E-state index in [0.717, 1.165) is 49.7 Å². The topological polar surface area (TPSA) is 65.0 Å². The molecule has 0 aromatic heterocycles. The molecule has 3 aliphatic rings. The van der Waals surface area contributed by atoms with Gasteiger partial charge < -0.3 is 9.63 Å². The maximum absolute atomic E-state index is 13.8. The summed E-state index contributed by atoms with van der Waals surface area (Å²) in [7, 11) is -3.90. The van der Waals surface area contributed by atoms with Gasteiger partial charge in [0, 0.05) is 0 Å². The van der Waals surface area contributed by atoms with Gasteiger partial charge in [-0.05, 0) is 96.1 Å². The minimum Gasteiger partial charge on any atom is -0.404 e. The molecule has 2 fully saturated rings. The molecule has 2 saturated carbocycles. The summed E-state index contributed by atoms with van der Waals surface area (Å²) in [6.45, 7) is 2.57. The van der Waals surface area contributed by atoms with Crippen molar-refractivity contribution < 1.29 is 23.2 Å². The molecule has 6 heteroatoms. The van der Waals surface area contributed by atoms with E-state index in [1.165, 1.54) is 11.1 Å². The van der Waals surface area contributed by atoms with Gasteiger partial charge >= 0.3 is 7.82 Å². The Morgan fingerprint density at radius 1 is 0.868 bits per heavy atom. The summed E-state index contributed by atoms with van der Waals surface area (Å²) in [6, 6.07) is 25.4. The van der Waals surface area contributed by atoms with Gasteiger partial charge in [-0.15, -0.1) is 0 Å². The van der Waals surface area contributed by atoms with Crippen LogP contribution >= 0.6 is 7.82 Å². The van der Waals surface area contributed by atoms with Crippen LogP contribution in [0, 0.1) is 17.3 Å². The number of aryl methyl sites for hydroxylation is 1. The van der Waals surface area contributed by atoms with Gasteiger partial charge in [0.15, 0.2) is 0 Å². The van der Waals surface area contributed by atoms with Gasteiger partial charge in [0.2, 0.25) is 0 Å². The number of phosphoric acid groups is 1. The summed E-state index contributed by atoms with van der Waals surface area (Å²) >= 11 is 0. The maximum atomic E-state index is 13.8. The molecule has 0 spiro atoms. The van der Waals surface area contributed by atoms with Crippen LogP contribution in [0.15, 0.2) is 78.9 Å². The predicted molar refractivity (Wildman–Crippen MR) is 148 cm³/mol. The Labute approximate surface area is 225 Å². The van der Waals surface area contributed by atoms with E-state index >= 15 is 0 Å². The van der Waals surface area contributed by atoms with Gasteiger partial charge in [-0.3, -0.25) is 9.05 Å². The standard InChI is InChI=1S/C32H37O5P/c1-32-19-18-28-27-15-13-26(20-25(27)12-14-29(28)30(32)16-17-31(32)33)37-38(34,35-21-23-8-4-2-5-9-23)36-22-24-10-6-3-7-11-24/h2-11,13,15,20,28-31,33H,12,14,16-19,21-22H2,1H3/t28?,29?,30?,31-,32-/m1/s1. The normalized spacial score (nSPS) is 28.3. The molecule has 5 atom stereocenters. The molecule has 5 nitrogen and oxygen atoms in total. The van der Waals surface area contributed by atoms with Crippen molar-refractivity contribution in [1.82, 2.24) is 0 Å². The molecule has 0 amide bonds. The van der Waals surface area contributed by atoms with Crippen LogP contribution in [0.5, 0.6) is 5.75 Å². The summed E-state index contributed by atoms with van der Waals surface area (Å²) in [6.07, 6.45) is 6.19. The lowest BCUT2D eigenvalue weighted by atomic mass is 9.55. The number of phosphoric ester groups is 1. The molecule has 6 rings (SSSR count). The fourth-order valence-corrected chi connectivity index (χ4v) is 8.43. The first-order chi connectivity index (χ1) is 18.4. The first-order valence-electron chi connectivity index (χ1n) is 13.9. The van der Waals surface area contributed by atoms with E-state index < -0.39 is 7.82 Å². The fourth-order valence-electron chi connectivity index (χ4n) is 7.26. The Kier molecular flexibility index (Phi) is 7.22. The highest BCUT2D eigenvalue weighted by molar-refractivity contribution is 7.48. The largest absolute Gasteiger partial charge is 0.530 e. The molecule has 0 heterocycles. The molecule has 38 heavy (non-hydrogen) atoms. The van der Waals surface area contributed by atoms with E-state index in [1.807, 2.05) is 72.8 Å². The van der Waals surface area contributed by atoms with Crippen molar-refractivity contribution in [2.75, 3.05) is 0 Å². The number of benzene rings is 3. The molecule has 3 aliphatic carbocycles. The highest BCUT2D eigenvalue weighted by Crippen LogP contribution is 2.61. The molecule has 200 valence electrons. The second kappa shape index (κ2) is 10.6. The summed E-state index contributed by atoms with van der Waals surface area (Å²) in [5.74, 6) is 2.26. The van der Waals surface area contributed by atoms with Crippen LogP contribution in [-0.4, -0.2) is 11.2 Å². The van der Waals surface area contributed by atoms with E-state index in [2.05, 4.69) is 13.0 Å². The molecule has 3 aromatic rings. The zero-order valence-electron chi connectivity index (χ0n) is 22.0. The third-order valence-electron chi connectivity index (χ3n) is 9.33. The van der Waals surface area contributed by atoms with Crippen LogP contribution in [0.25, 0.3) is 0 Å². The van der Waals surface area contributed by atoms with Crippen molar-refractivity contribution in [2.45, 2.75) is 70.7 Å². The molecule has 0 bridgehead atoms. The van der Waals surface area contributed by atoms with Crippen LogP contribution in [-0.2, 0) is 33.2 Å². The second-order valence-corrected chi connectivity index (χ2v) is 13.1. The van der Waals surface area contributed by atoms with E-state index in [0.29, 0.717) is 23.5 Å². The first-order valence-corrected chi connectivity index (χ1v) is 15.4. The van der Waals surface area contributed by atoms with Gasteiger partial charge in [0.25, 0.3) is 0 Å². The number of fused-ring (bicyclic) bond motifs is 5. The van der Waals surface area contributed by atoms with Crippen molar-refractivity contribution in [1.29, 1.82) is 0 Å². The van der Waals surface area contributed by atoms with Crippen LogP contribution < -0.4 is 4.52 Å². The van der Waals surface area contributed by atoms with E-state index in [4.69, 9.17) is 13.6 Å². The third kappa shape index (κ3) is 5.10. The Morgan fingerprint density at radius 2 is 1.53 bits per heavy atom. The molecule has 0 saturated heterocycles. The third-order valence-corrected chi connectivity index (χ3v) is 10.7. The SMILES string of the molecule is C[C@@]12CCC3c4ccc(OP(=O)(OCc5ccccc5)OCc5ccccc5)cc4CCC3C1CC[C@H]2O. The maximum Gasteiger partial charge on any atom is 0.530 e. The fraction of sp³-hybridized carbons (Fsp3) is 0.438. The Balaban J connectivity index is 1.20. The molecule has 3 aromatic carbocycles. The monoisotopic (exact) mass is 532 g/mol. The Bertz CT molecular complexity index is 1250. The van der Waals surface area contributed by atoms with E-state index in [1.54, 1.807) is 0 Å². The van der Waals surface area contributed by atoms with Crippen molar-refractivity contribution >= 4 is 7.82 Å². The van der Waals surface area contributed by atoms with Gasteiger partial charge in [-0.2, -0.15) is 0 Å². The molecular formula is C32H37O5P. The molecule has 0 radical (unpaired) electrons. The quantitative estimate of drug-likeness (QED) is 0.300. The van der Waals surface area contributed by atoms with Crippen molar-refractivity contribution in [3.63, 3.8) is 0 Å². The average Bonchev–Trinajstić information content (AvgIpc) is 3.26. The molecule has 3 unspecified atom stereocenters. The van der Waals surface area contributed by atoms with Crippen LogP contribution in [0.1, 0.15) is 67.2 Å². The molecule has 0 aliphatic heterocycles. The number of hydrogen-bond acceptors (Lipinski definition) is 5. The second-order valence-electron chi connectivity index (χ2n) is 11.5. The smallest absolute Gasteiger partial charge is 0.404 e. The summed E-state index contributed by atoms with van der Waals surface area (Å²) in [5.41, 5.74) is 4.53. The number of aliphatic hydroxyl groups is 1. The van der Waals surface area contributed by atoms with Gasteiger partial charge in [0.1, 0.15) is 5.75 Å². The lowest BCUT2D eigenvalue weighted by Crippen LogP contribution is -2.43. The van der Waals surface area contributed by atoms with Gasteiger partial charge in [-0.1, -0.05) is 73.7 Å². The Hall–Kier alpha value is -2.43. The van der Waals surface area contributed by atoms with Gasteiger partial charge in [0.05, 0.1) is 19.3 Å². The number of hydrogen-bond donors (Lipinski definition) is 1. The number of aliphatic hydroxyl groups excluding tert-OH is 1. The summed E-state index contributed by atoms with van der Waals surface area (Å²) in [5, 5.41) is 10.7. The summed E-state index contributed by atoms with van der Waals surface area (Å²) in [4.78, 5) is 0. The lowest BCUT2D eigenvalue weighted by molar-refractivity contribution is -0.0226. The van der Waals surface area contributed by atoms with Crippen molar-refractivity contribution in [3.05, 3.63) is 101 Å². The van der Waals surface area contributed by atoms with Crippen LogP contribution in [0.4, 0.5) is 0 Å². The zero-order chi connectivity index (χ0) is 26.2. The zero-order valence-corrected chi connectivity index (χ0v) is 22.9. The highest BCUT2D eigenvalue weighted by Gasteiger charge is 2.54. The Morgan fingerprint density at radius 3 is 2.18 bits per heavy atom. The summed E-state index contributed by atoms with van der Waals surface area (Å²) < 4.78 is 31.5. The number of rotatable bonds is 8. The average molecular weight is 533 g/mol. The lowest BCUT2D eigenvalue weighted by Gasteiger charge is -2.50. The highest BCUT2D eigenvalue weighted by atomic mass is 31.2. The molecular weight excluding hydrogens is 495 g/mol. The van der Waals surface area contributed by atoms with Gasteiger partial charge in [-0.25, -0.2) is 4.57 Å². The molecule has 1 N–H and O–H groups in total. The minimum atomic E-state index is -3.90.